The zero-order chi connectivity index (χ0) is 15.1. The summed E-state index contributed by atoms with van der Waals surface area (Å²) in [5.74, 6) is 0.721. The fourth-order valence-electron chi connectivity index (χ4n) is 2.04. The van der Waals surface area contributed by atoms with Crippen molar-refractivity contribution in [2.45, 2.75) is 6.92 Å². The molecule has 0 unspecified atom stereocenters. The summed E-state index contributed by atoms with van der Waals surface area (Å²) in [7, 11) is 1.86. The van der Waals surface area contributed by atoms with Gasteiger partial charge < -0.3 is 15.4 Å². The van der Waals surface area contributed by atoms with Gasteiger partial charge >= 0.3 is 0 Å². The summed E-state index contributed by atoms with van der Waals surface area (Å²) in [4.78, 5) is 12.0. The molecule has 2 N–H and O–H groups in total. The van der Waals surface area contributed by atoms with Gasteiger partial charge in [0, 0.05) is 18.3 Å². The molecule has 0 heterocycles. The van der Waals surface area contributed by atoms with E-state index < -0.39 is 0 Å². The minimum Gasteiger partial charge on any atom is -0.492 e. The predicted molar refractivity (Wildman–Crippen MR) is 85.0 cm³/mol. The molecule has 0 atom stereocenters. The Bertz CT molecular complexity index is 597. The highest BCUT2D eigenvalue weighted by atomic mass is 16.5. The van der Waals surface area contributed by atoms with Crippen LogP contribution in [-0.4, -0.2) is 26.1 Å². The second kappa shape index (κ2) is 7.33. The van der Waals surface area contributed by atoms with Crippen LogP contribution in [0.15, 0.2) is 48.5 Å². The van der Waals surface area contributed by atoms with Gasteiger partial charge in [0.1, 0.15) is 12.4 Å². The minimum atomic E-state index is -0.0857. The van der Waals surface area contributed by atoms with Gasteiger partial charge in [-0.05, 0) is 42.8 Å². The molecule has 0 saturated carbocycles. The van der Waals surface area contributed by atoms with Crippen molar-refractivity contribution >= 4 is 11.6 Å². The molecule has 2 rings (SSSR count). The molecule has 21 heavy (non-hydrogen) atoms. The van der Waals surface area contributed by atoms with Gasteiger partial charge in [0.05, 0.1) is 6.54 Å². The third kappa shape index (κ3) is 4.24. The first-order valence-electron chi connectivity index (χ1n) is 6.95. The molecule has 0 aliphatic carbocycles. The molecule has 110 valence electrons. The van der Waals surface area contributed by atoms with Gasteiger partial charge in [0.15, 0.2) is 0 Å². The number of hydrogen-bond acceptors (Lipinski definition) is 3. The van der Waals surface area contributed by atoms with Gasteiger partial charge in [0.2, 0.25) is 0 Å². The summed E-state index contributed by atoms with van der Waals surface area (Å²) in [5, 5.41) is 5.93. The van der Waals surface area contributed by atoms with E-state index in [9.17, 15) is 4.79 Å². The van der Waals surface area contributed by atoms with Gasteiger partial charge in [0.25, 0.3) is 5.91 Å². The number of aryl methyl sites for hydroxylation is 1. The summed E-state index contributed by atoms with van der Waals surface area (Å²) in [5.41, 5.74) is 2.73. The number of rotatable bonds is 6. The molecule has 4 nitrogen and oxygen atoms in total. The fraction of sp³-hybridized carbons (Fsp3) is 0.235. The lowest BCUT2D eigenvalue weighted by Gasteiger charge is -2.09. The maximum Gasteiger partial charge on any atom is 0.251 e. The van der Waals surface area contributed by atoms with Crippen LogP contribution < -0.4 is 15.4 Å². The normalized spacial score (nSPS) is 10.0. The molecular weight excluding hydrogens is 264 g/mol. The van der Waals surface area contributed by atoms with Crippen LogP contribution >= 0.6 is 0 Å². The van der Waals surface area contributed by atoms with Crippen molar-refractivity contribution in [3.8, 4) is 5.75 Å². The van der Waals surface area contributed by atoms with Crippen molar-refractivity contribution in [3.63, 3.8) is 0 Å². The van der Waals surface area contributed by atoms with E-state index in [2.05, 4.69) is 10.6 Å². The van der Waals surface area contributed by atoms with Crippen LogP contribution in [0.3, 0.4) is 0 Å². The number of nitrogens with one attached hydrogen (secondary N) is 2. The van der Waals surface area contributed by atoms with Crippen molar-refractivity contribution < 1.29 is 9.53 Å². The maximum atomic E-state index is 12.0. The van der Waals surface area contributed by atoms with Crippen LogP contribution in [0, 0.1) is 6.92 Å². The number of hydrogen-bond donors (Lipinski definition) is 2. The predicted octanol–water partition coefficient (Wildman–Crippen LogP) is 2.85. The van der Waals surface area contributed by atoms with Crippen molar-refractivity contribution in [1.82, 2.24) is 5.32 Å². The number of para-hydroxylation sites is 1. The summed E-state index contributed by atoms with van der Waals surface area (Å²) in [6.45, 7) is 2.89. The summed E-state index contributed by atoms with van der Waals surface area (Å²) in [6, 6.07) is 15.1. The number of benzene rings is 2. The first kappa shape index (κ1) is 14.9. The van der Waals surface area contributed by atoms with Crippen LogP contribution in [0.4, 0.5) is 5.69 Å². The molecule has 0 bridgehead atoms. The lowest BCUT2D eigenvalue weighted by atomic mass is 10.1. The monoisotopic (exact) mass is 284 g/mol. The highest BCUT2D eigenvalue weighted by Crippen LogP contribution is 2.15. The Morgan fingerprint density at radius 3 is 2.57 bits per heavy atom. The van der Waals surface area contributed by atoms with Crippen LogP contribution in [0.25, 0.3) is 0 Å². The van der Waals surface area contributed by atoms with Crippen molar-refractivity contribution in [2.75, 3.05) is 25.5 Å². The highest BCUT2D eigenvalue weighted by Gasteiger charge is 2.06. The minimum absolute atomic E-state index is 0.0857. The van der Waals surface area contributed by atoms with Crippen LogP contribution in [0.5, 0.6) is 5.75 Å². The molecule has 2 aromatic rings. The standard InChI is InChI=1S/C17H20N2O2/c1-13-12-14(8-9-16(13)18-2)17(20)19-10-11-21-15-6-4-3-5-7-15/h3-9,12,18H,10-11H2,1-2H3,(H,19,20). The number of amides is 1. The van der Waals surface area contributed by atoms with Gasteiger partial charge in [-0.2, -0.15) is 0 Å². The topological polar surface area (TPSA) is 50.4 Å². The second-order valence-electron chi connectivity index (χ2n) is 4.70. The summed E-state index contributed by atoms with van der Waals surface area (Å²) >= 11 is 0. The molecule has 0 aromatic heterocycles. The Labute approximate surface area is 125 Å². The molecule has 0 aliphatic heterocycles. The maximum absolute atomic E-state index is 12.0. The Hall–Kier alpha value is -2.49. The van der Waals surface area contributed by atoms with Crippen LogP contribution in [0.2, 0.25) is 0 Å². The Morgan fingerprint density at radius 1 is 1.14 bits per heavy atom. The van der Waals surface area contributed by atoms with E-state index in [1.807, 2.05) is 62.5 Å². The molecule has 1 amide bonds. The van der Waals surface area contributed by atoms with Crippen LogP contribution in [0.1, 0.15) is 15.9 Å². The molecule has 0 radical (unpaired) electrons. The van der Waals surface area contributed by atoms with Gasteiger partial charge in [-0.25, -0.2) is 0 Å². The quantitative estimate of drug-likeness (QED) is 0.802. The number of anilines is 1. The molecule has 4 heteroatoms. The Balaban J connectivity index is 1.80. The van der Waals surface area contributed by atoms with E-state index in [1.165, 1.54) is 0 Å². The largest absolute Gasteiger partial charge is 0.492 e. The Morgan fingerprint density at radius 2 is 1.90 bits per heavy atom. The lowest BCUT2D eigenvalue weighted by Crippen LogP contribution is -2.28. The first-order chi connectivity index (χ1) is 10.2. The van der Waals surface area contributed by atoms with Gasteiger partial charge in [-0.3, -0.25) is 4.79 Å². The zero-order valence-corrected chi connectivity index (χ0v) is 12.3. The lowest BCUT2D eigenvalue weighted by molar-refractivity contribution is 0.0947. The van der Waals surface area contributed by atoms with E-state index >= 15 is 0 Å². The molecule has 0 spiro atoms. The second-order valence-corrected chi connectivity index (χ2v) is 4.70. The van der Waals surface area contributed by atoms with E-state index in [4.69, 9.17) is 4.74 Å². The third-order valence-electron chi connectivity index (χ3n) is 3.16. The van der Waals surface area contributed by atoms with E-state index in [0.29, 0.717) is 18.7 Å². The summed E-state index contributed by atoms with van der Waals surface area (Å²) in [6.07, 6.45) is 0. The highest BCUT2D eigenvalue weighted by molar-refractivity contribution is 5.94. The Kier molecular flexibility index (Phi) is 5.21. The van der Waals surface area contributed by atoms with E-state index in [0.717, 1.165) is 17.0 Å². The molecule has 2 aromatic carbocycles. The SMILES string of the molecule is CNc1ccc(C(=O)NCCOc2ccccc2)cc1C. The number of carbonyl (C=O) groups is 1. The molecule has 0 aliphatic rings. The van der Waals surface area contributed by atoms with Crippen molar-refractivity contribution in [2.24, 2.45) is 0 Å². The molecular formula is C17H20N2O2. The zero-order valence-electron chi connectivity index (χ0n) is 12.3. The number of ether oxygens (including phenoxy) is 1. The van der Waals surface area contributed by atoms with E-state index in [-0.39, 0.29) is 5.91 Å². The molecule has 0 fully saturated rings. The fourth-order valence-corrected chi connectivity index (χ4v) is 2.04. The van der Waals surface area contributed by atoms with E-state index in [1.54, 1.807) is 0 Å². The van der Waals surface area contributed by atoms with Gasteiger partial charge in [-0.15, -0.1) is 0 Å². The smallest absolute Gasteiger partial charge is 0.251 e. The van der Waals surface area contributed by atoms with Crippen molar-refractivity contribution in [3.05, 3.63) is 59.7 Å². The first-order valence-corrected chi connectivity index (χ1v) is 6.95. The summed E-state index contributed by atoms with van der Waals surface area (Å²) < 4.78 is 5.53. The average molecular weight is 284 g/mol. The number of carbonyl (C=O) groups excluding carboxylic acids is 1. The van der Waals surface area contributed by atoms with Crippen LogP contribution in [-0.2, 0) is 0 Å². The molecule has 0 saturated heterocycles. The average Bonchev–Trinajstić information content (AvgIpc) is 2.52. The third-order valence-corrected chi connectivity index (χ3v) is 3.16. The van der Waals surface area contributed by atoms with Crippen molar-refractivity contribution in [1.29, 1.82) is 0 Å². The van der Waals surface area contributed by atoms with Gasteiger partial charge in [-0.1, -0.05) is 18.2 Å².